The molecule has 0 spiro atoms. The van der Waals surface area contributed by atoms with Gasteiger partial charge in [0.2, 0.25) is 57.5 Å². The van der Waals surface area contributed by atoms with Crippen molar-refractivity contribution in [3.8, 4) is 160 Å². The Morgan fingerprint density at radius 3 is 0.723 bits per heavy atom. The molecule has 65 heavy (non-hydrogen) atoms. The molecule has 0 radical (unpaired) electrons. The predicted molar refractivity (Wildman–Crippen MR) is 217 cm³/mol. The van der Waals surface area contributed by atoms with E-state index in [-0.39, 0.29) is 0 Å². The standard InChI is InChI=1S/C40H25NO24/c42-17-3(8-9(24(49)36(61)35(60)23(8)48)10-14(17)28(53)39(64)37(62)25(10)50)1-4-6(21(46)33(58)31(56)19(4)44)2(7-5(1)20(45)32(57)34(59)22(7)47)13-18(43)11-12-16(41-15(11)29(54)27(13)52)30(55)40(65)38(63)26(12)51/h41-65H. The first-order chi connectivity index (χ1) is 30.3. The summed E-state index contributed by atoms with van der Waals surface area (Å²) in [5.41, 5.74) is -6.96. The summed E-state index contributed by atoms with van der Waals surface area (Å²) in [5, 5.41) is 256. The molecule has 0 saturated heterocycles. The molecule has 0 fully saturated rings. The van der Waals surface area contributed by atoms with E-state index in [0.29, 0.717) is 0 Å². The molecule has 25 nitrogen and oxygen atoms in total. The van der Waals surface area contributed by atoms with E-state index in [0.717, 1.165) is 0 Å². The maximum absolute atomic E-state index is 12.2. The molecule has 1 aromatic heterocycles. The van der Waals surface area contributed by atoms with Crippen LogP contribution in [0.4, 0.5) is 0 Å². The average Bonchev–Trinajstić information content (AvgIpc) is 3.69. The van der Waals surface area contributed by atoms with Crippen molar-refractivity contribution in [2.45, 2.75) is 0 Å². The fraction of sp³-hybridized carbons (Fsp3) is 0. The van der Waals surface area contributed by atoms with Gasteiger partial charge < -0.3 is 128 Å². The van der Waals surface area contributed by atoms with Gasteiger partial charge in [-0.1, -0.05) is 0 Å². The molecule has 0 aliphatic rings. The van der Waals surface area contributed by atoms with Crippen molar-refractivity contribution < 1.29 is 123 Å². The quantitative estimate of drug-likeness (QED) is 0.0500. The molecule has 0 saturated carbocycles. The molecule has 9 rings (SSSR count). The van der Waals surface area contributed by atoms with Gasteiger partial charge in [-0.15, -0.1) is 0 Å². The first-order valence-corrected chi connectivity index (χ1v) is 17.6. The third-order valence-corrected chi connectivity index (χ3v) is 11.4. The summed E-state index contributed by atoms with van der Waals surface area (Å²) < 4.78 is 0. The molecular weight excluding hydrogens is 878 g/mol. The van der Waals surface area contributed by atoms with Crippen LogP contribution < -0.4 is 0 Å². The molecule has 0 unspecified atom stereocenters. The number of aromatic hydroxyl groups is 24. The Kier molecular flexibility index (Phi) is 7.56. The second kappa shape index (κ2) is 12.2. The van der Waals surface area contributed by atoms with Crippen LogP contribution in [0.25, 0.3) is 87.1 Å². The molecule has 25 heteroatoms. The van der Waals surface area contributed by atoms with Gasteiger partial charge in [0.15, 0.2) is 69.0 Å². The number of fused-ring (bicyclic) bond motifs is 8. The highest BCUT2D eigenvalue weighted by atomic mass is 16.4. The molecule has 8 aromatic carbocycles. The van der Waals surface area contributed by atoms with Crippen LogP contribution in [0.15, 0.2) is 0 Å². The van der Waals surface area contributed by atoms with Crippen molar-refractivity contribution in [2.24, 2.45) is 0 Å². The monoisotopic (exact) mass is 903 g/mol. The van der Waals surface area contributed by atoms with E-state index in [2.05, 4.69) is 4.98 Å². The van der Waals surface area contributed by atoms with Crippen LogP contribution >= 0.6 is 0 Å². The van der Waals surface area contributed by atoms with Crippen LogP contribution in [0, 0.1) is 0 Å². The highest BCUT2D eigenvalue weighted by molar-refractivity contribution is 6.36. The Balaban J connectivity index is 1.70. The number of rotatable bonds is 2. The smallest absolute Gasteiger partial charge is 0.206 e. The predicted octanol–water partition coefficient (Wildman–Crippen LogP) is 4.20. The van der Waals surface area contributed by atoms with E-state index in [1.807, 2.05) is 0 Å². The summed E-state index contributed by atoms with van der Waals surface area (Å²) in [6.07, 6.45) is 0. The molecule has 0 bridgehead atoms. The van der Waals surface area contributed by atoms with E-state index in [1.165, 1.54) is 0 Å². The Hall–Kier alpha value is -10.2. The van der Waals surface area contributed by atoms with E-state index in [4.69, 9.17) is 0 Å². The van der Waals surface area contributed by atoms with E-state index in [1.54, 1.807) is 0 Å². The van der Waals surface area contributed by atoms with Crippen molar-refractivity contribution in [1.82, 2.24) is 4.98 Å². The van der Waals surface area contributed by atoms with Crippen LogP contribution in [-0.4, -0.2) is 128 Å². The summed E-state index contributed by atoms with van der Waals surface area (Å²) in [4.78, 5) is 2.28. The summed E-state index contributed by atoms with van der Waals surface area (Å²) in [6, 6.07) is 0. The summed E-state index contributed by atoms with van der Waals surface area (Å²) >= 11 is 0. The molecule has 9 aromatic rings. The van der Waals surface area contributed by atoms with Gasteiger partial charge in [-0.05, 0) is 0 Å². The number of hydrogen-bond donors (Lipinski definition) is 25. The van der Waals surface area contributed by atoms with Crippen molar-refractivity contribution >= 4 is 64.9 Å². The zero-order valence-electron chi connectivity index (χ0n) is 31.2. The SMILES string of the molecule is Oc1c(O)c(O)c2c([nH]c3c(O)c(O)c(-c4c5c(O)c(O)c(O)c(O)c5c(-c5c(O)c6c(O)c(O)c(O)c(O)c6c6c(O)c(O)c(O)c(O)c56)c5c(O)c(O)c(O)c(O)c45)c(O)c32)c1O. The van der Waals surface area contributed by atoms with Crippen LogP contribution in [0.3, 0.4) is 0 Å². The molecule has 0 aliphatic heterocycles. The Labute approximate surface area is 352 Å². The van der Waals surface area contributed by atoms with E-state index >= 15 is 0 Å². The van der Waals surface area contributed by atoms with Gasteiger partial charge in [0, 0.05) is 54.4 Å². The Morgan fingerprint density at radius 2 is 0.354 bits per heavy atom. The third kappa shape index (κ3) is 4.37. The lowest BCUT2D eigenvalue weighted by Gasteiger charge is -2.25. The highest BCUT2D eigenvalue weighted by Gasteiger charge is 2.40. The largest absolute Gasteiger partial charge is 0.506 e. The number of phenolic OH excluding ortho intramolecular Hbond substituents is 24. The topological polar surface area (TPSA) is 501 Å². The number of benzene rings is 8. The third-order valence-electron chi connectivity index (χ3n) is 11.4. The fourth-order valence-electron chi connectivity index (χ4n) is 8.46. The summed E-state index contributed by atoms with van der Waals surface area (Å²) in [7, 11) is 0. The number of aromatic nitrogens is 1. The molecule has 0 atom stereocenters. The van der Waals surface area contributed by atoms with Gasteiger partial charge in [0.05, 0.1) is 32.8 Å². The molecule has 0 amide bonds. The lowest BCUT2D eigenvalue weighted by Crippen LogP contribution is -1.97. The number of H-pyrrole nitrogens is 1. The molecule has 334 valence electrons. The van der Waals surface area contributed by atoms with E-state index < -0.39 is 225 Å². The Bertz CT molecular complexity index is 3740. The van der Waals surface area contributed by atoms with Crippen molar-refractivity contribution in [2.75, 3.05) is 0 Å². The summed E-state index contributed by atoms with van der Waals surface area (Å²) in [5.74, 6) is -38.0. The maximum Gasteiger partial charge on any atom is 0.206 e. The molecule has 1 heterocycles. The molecule has 25 N–H and O–H groups in total. The summed E-state index contributed by atoms with van der Waals surface area (Å²) in [6.45, 7) is 0. The zero-order valence-corrected chi connectivity index (χ0v) is 31.2. The highest BCUT2D eigenvalue weighted by Crippen LogP contribution is 2.69. The van der Waals surface area contributed by atoms with Crippen LogP contribution in [-0.2, 0) is 0 Å². The second-order valence-corrected chi connectivity index (χ2v) is 14.5. The van der Waals surface area contributed by atoms with E-state index in [9.17, 15) is 123 Å². The van der Waals surface area contributed by atoms with Gasteiger partial charge in [0.25, 0.3) is 0 Å². The normalized spacial score (nSPS) is 11.9. The average molecular weight is 904 g/mol. The second-order valence-electron chi connectivity index (χ2n) is 14.5. The molecular formula is C40H25NO24. The zero-order chi connectivity index (χ0) is 47.8. The van der Waals surface area contributed by atoms with Gasteiger partial charge in [-0.2, -0.15) is 0 Å². The Morgan fingerprint density at radius 1 is 0.138 bits per heavy atom. The number of hydrogen-bond acceptors (Lipinski definition) is 24. The lowest BCUT2D eigenvalue weighted by atomic mass is 9.80. The van der Waals surface area contributed by atoms with Crippen LogP contribution in [0.5, 0.6) is 138 Å². The van der Waals surface area contributed by atoms with Crippen molar-refractivity contribution in [1.29, 1.82) is 0 Å². The first-order valence-electron chi connectivity index (χ1n) is 17.6. The van der Waals surface area contributed by atoms with Gasteiger partial charge in [-0.3, -0.25) is 0 Å². The van der Waals surface area contributed by atoms with Gasteiger partial charge in [0.1, 0.15) is 11.5 Å². The fourth-order valence-corrected chi connectivity index (χ4v) is 8.46. The maximum atomic E-state index is 12.2. The van der Waals surface area contributed by atoms with Crippen LogP contribution in [0.1, 0.15) is 0 Å². The number of phenols is 24. The number of aromatic amines is 1. The first kappa shape index (κ1) is 40.2. The molecule has 0 aliphatic carbocycles. The van der Waals surface area contributed by atoms with Gasteiger partial charge >= 0.3 is 0 Å². The van der Waals surface area contributed by atoms with Crippen molar-refractivity contribution in [3.63, 3.8) is 0 Å². The minimum Gasteiger partial charge on any atom is -0.506 e. The lowest BCUT2D eigenvalue weighted by molar-refractivity contribution is 0.348. The number of nitrogens with one attached hydrogen (secondary N) is 1. The minimum absolute atomic E-state index is 0.754. The minimum atomic E-state index is -1.73. The van der Waals surface area contributed by atoms with Crippen LogP contribution in [0.2, 0.25) is 0 Å². The van der Waals surface area contributed by atoms with Gasteiger partial charge in [-0.25, -0.2) is 0 Å². The van der Waals surface area contributed by atoms with Crippen molar-refractivity contribution in [3.05, 3.63) is 0 Å².